The Labute approximate surface area is 97.3 Å². The van der Waals surface area contributed by atoms with E-state index in [4.69, 9.17) is 13.0 Å². The van der Waals surface area contributed by atoms with Gasteiger partial charge in [-0.3, -0.25) is 14.7 Å². The van der Waals surface area contributed by atoms with E-state index in [9.17, 15) is 10.1 Å². The van der Waals surface area contributed by atoms with Crippen molar-refractivity contribution in [3.8, 4) is 0 Å². The Morgan fingerprint density at radius 3 is 1.81 bits per heavy atom. The van der Waals surface area contributed by atoms with Crippen LogP contribution in [0.1, 0.15) is 11.1 Å². The number of rotatable bonds is 1. The molecule has 0 atom stereocenters. The zero-order valence-corrected chi connectivity index (χ0v) is 10.1. The van der Waals surface area contributed by atoms with Crippen LogP contribution in [0.25, 0.3) is 0 Å². The van der Waals surface area contributed by atoms with E-state index in [-0.39, 0.29) is 10.6 Å². The quantitative estimate of drug-likeness (QED) is 0.364. The summed E-state index contributed by atoms with van der Waals surface area (Å²) in [6.45, 7) is 3.48. The Kier molecular flexibility index (Phi) is 5.36. The predicted octanol–water partition coefficient (Wildman–Crippen LogP) is 2.24. The first-order chi connectivity index (χ1) is 7.13. The maximum absolute atomic E-state index is 10.4. The Hall–Kier alpha value is -1.18. The van der Waals surface area contributed by atoms with Gasteiger partial charge in [-0.2, -0.15) is 8.42 Å². The maximum atomic E-state index is 10.4. The van der Waals surface area contributed by atoms with Gasteiger partial charge in [0.15, 0.2) is 0 Å². The molecule has 0 heterocycles. The van der Waals surface area contributed by atoms with Gasteiger partial charge in [0, 0.05) is 21.8 Å². The van der Waals surface area contributed by atoms with Crippen molar-refractivity contribution in [2.24, 2.45) is 0 Å². The molecule has 0 aliphatic carbocycles. The summed E-state index contributed by atoms with van der Waals surface area (Å²) in [5.74, 6) is 0. The highest BCUT2D eigenvalue weighted by Gasteiger charge is 2.11. The fourth-order valence-corrected chi connectivity index (χ4v) is 1.09. The van der Waals surface area contributed by atoms with E-state index in [0.29, 0.717) is 0 Å². The molecule has 0 fully saturated rings. The molecule has 0 saturated carbocycles. The number of para-hydroxylation sites is 1. The molecule has 16 heavy (non-hydrogen) atoms. The van der Waals surface area contributed by atoms with Gasteiger partial charge >= 0.3 is 9.33 Å². The van der Waals surface area contributed by atoms with Crippen molar-refractivity contribution in [2.45, 2.75) is 13.8 Å². The number of nitro groups is 1. The topological polar surface area (TPSA) is 97.5 Å². The van der Waals surface area contributed by atoms with Gasteiger partial charge in [-0.1, -0.05) is 18.2 Å². The van der Waals surface area contributed by atoms with Crippen molar-refractivity contribution in [1.82, 2.24) is 0 Å². The molecule has 0 radical (unpaired) electrons. The second-order valence-corrected chi connectivity index (χ2v) is 4.90. The average Bonchev–Trinajstić information content (AvgIpc) is 1.99. The van der Waals surface area contributed by atoms with Gasteiger partial charge in [0.1, 0.15) is 0 Å². The molecular formula is C8H10ClNO5S. The Bertz CT molecular complexity index is 457. The summed E-state index contributed by atoms with van der Waals surface area (Å²) >= 11 is 0. The smallest absolute Gasteiger partial charge is 0.273 e. The van der Waals surface area contributed by atoms with E-state index < -0.39 is 9.33 Å². The van der Waals surface area contributed by atoms with E-state index in [1.54, 1.807) is 26.0 Å². The number of benzene rings is 1. The first-order valence-corrected chi connectivity index (χ1v) is 6.27. The van der Waals surface area contributed by atoms with Gasteiger partial charge in [0.25, 0.3) is 5.69 Å². The van der Waals surface area contributed by atoms with Crippen LogP contribution in [0, 0.1) is 24.0 Å². The van der Waals surface area contributed by atoms with Gasteiger partial charge in [-0.05, 0) is 13.8 Å². The summed E-state index contributed by atoms with van der Waals surface area (Å²) in [7, 11) is -0.137. The van der Waals surface area contributed by atoms with Crippen LogP contribution in [0.2, 0.25) is 0 Å². The molecule has 0 unspecified atom stereocenters. The van der Waals surface area contributed by atoms with Crippen molar-refractivity contribution in [3.63, 3.8) is 0 Å². The Balaban J connectivity index is 0.000000385. The molecule has 6 nitrogen and oxygen atoms in total. The summed E-state index contributed by atoms with van der Waals surface area (Å²) in [5.41, 5.74) is 1.66. The molecule has 0 aliphatic rings. The SMILES string of the molecule is Cc1cccc(C)c1[N+](=O)[O-].O=S(=O)(O)Cl. The largest absolute Gasteiger partial charge is 0.353 e. The molecule has 1 aromatic carbocycles. The fourth-order valence-electron chi connectivity index (χ4n) is 1.09. The monoisotopic (exact) mass is 267 g/mol. The first-order valence-electron chi connectivity index (χ1n) is 4.00. The zero-order chi connectivity index (χ0) is 12.9. The van der Waals surface area contributed by atoms with Crippen LogP contribution < -0.4 is 0 Å². The van der Waals surface area contributed by atoms with Crippen LogP contribution in [-0.4, -0.2) is 17.9 Å². The zero-order valence-electron chi connectivity index (χ0n) is 8.55. The van der Waals surface area contributed by atoms with Crippen LogP contribution >= 0.6 is 10.7 Å². The molecule has 0 amide bonds. The standard InChI is InChI=1S/C8H9NO2.ClHO3S/c1-6-4-3-5-7(2)8(6)9(10)11;1-5(2,3)4/h3-5H,1-2H3;(H,2,3,4). The minimum absolute atomic E-state index is 0.229. The molecule has 0 bridgehead atoms. The number of hydrogen-bond acceptors (Lipinski definition) is 4. The van der Waals surface area contributed by atoms with Gasteiger partial charge in [-0.25, -0.2) is 0 Å². The highest BCUT2D eigenvalue weighted by Crippen LogP contribution is 2.21. The van der Waals surface area contributed by atoms with Crippen LogP contribution in [0.3, 0.4) is 0 Å². The third kappa shape index (κ3) is 6.33. The molecule has 1 rings (SSSR count). The number of nitro benzene ring substituents is 1. The lowest BCUT2D eigenvalue weighted by Gasteiger charge is -1.98. The highest BCUT2D eigenvalue weighted by molar-refractivity contribution is 8.09. The average molecular weight is 268 g/mol. The second kappa shape index (κ2) is 5.78. The summed E-state index contributed by atoms with van der Waals surface area (Å²) in [4.78, 5) is 10.1. The van der Waals surface area contributed by atoms with Gasteiger partial charge in [0.05, 0.1) is 4.92 Å². The number of halogens is 1. The van der Waals surface area contributed by atoms with E-state index in [0.717, 1.165) is 11.1 Å². The van der Waals surface area contributed by atoms with E-state index in [1.165, 1.54) is 0 Å². The van der Waals surface area contributed by atoms with Crippen LogP contribution in [-0.2, 0) is 9.33 Å². The van der Waals surface area contributed by atoms with Crippen molar-refractivity contribution >= 4 is 25.7 Å². The molecular weight excluding hydrogens is 258 g/mol. The van der Waals surface area contributed by atoms with E-state index >= 15 is 0 Å². The van der Waals surface area contributed by atoms with E-state index in [1.807, 2.05) is 6.07 Å². The summed E-state index contributed by atoms with van der Waals surface area (Å²) in [6, 6.07) is 5.30. The van der Waals surface area contributed by atoms with Crippen molar-refractivity contribution in [1.29, 1.82) is 0 Å². The lowest BCUT2D eigenvalue weighted by Crippen LogP contribution is -1.93. The molecule has 0 aliphatic heterocycles. The van der Waals surface area contributed by atoms with Gasteiger partial charge in [-0.15, -0.1) is 0 Å². The highest BCUT2D eigenvalue weighted by atomic mass is 35.7. The molecule has 0 spiro atoms. The molecule has 0 saturated heterocycles. The molecule has 0 aromatic heterocycles. The van der Waals surface area contributed by atoms with Gasteiger partial charge < -0.3 is 0 Å². The molecule has 1 N–H and O–H groups in total. The number of nitrogens with zero attached hydrogens (tertiary/aromatic N) is 1. The third-order valence-electron chi connectivity index (χ3n) is 1.62. The lowest BCUT2D eigenvalue weighted by atomic mass is 10.1. The minimum atomic E-state index is -4.19. The Morgan fingerprint density at radius 1 is 1.31 bits per heavy atom. The fraction of sp³-hybridized carbons (Fsp3) is 0.250. The lowest BCUT2D eigenvalue weighted by molar-refractivity contribution is -0.386. The van der Waals surface area contributed by atoms with Crippen LogP contribution in [0.4, 0.5) is 5.69 Å². The van der Waals surface area contributed by atoms with Crippen molar-refractivity contribution in [3.05, 3.63) is 39.4 Å². The van der Waals surface area contributed by atoms with Crippen molar-refractivity contribution < 1.29 is 17.9 Å². The molecule has 1 aromatic rings. The summed E-state index contributed by atoms with van der Waals surface area (Å²) < 4.78 is 25.2. The Morgan fingerprint density at radius 2 is 1.62 bits per heavy atom. The number of aryl methyl sites for hydroxylation is 2. The van der Waals surface area contributed by atoms with E-state index in [2.05, 4.69) is 10.7 Å². The minimum Gasteiger partial charge on any atom is -0.273 e. The second-order valence-electron chi connectivity index (χ2n) is 2.91. The summed E-state index contributed by atoms with van der Waals surface area (Å²) in [6.07, 6.45) is 0. The molecule has 90 valence electrons. The third-order valence-corrected chi connectivity index (χ3v) is 1.62. The van der Waals surface area contributed by atoms with Crippen LogP contribution in [0.5, 0.6) is 0 Å². The first kappa shape index (κ1) is 14.8. The van der Waals surface area contributed by atoms with Crippen molar-refractivity contribution in [2.75, 3.05) is 0 Å². The summed E-state index contributed by atoms with van der Waals surface area (Å²) in [5, 5.41) is 10.4. The number of hydrogen-bond donors (Lipinski definition) is 1. The predicted molar refractivity (Wildman–Crippen MR) is 60.0 cm³/mol. The normalized spacial score (nSPS) is 10.2. The van der Waals surface area contributed by atoms with Crippen LogP contribution in [0.15, 0.2) is 18.2 Å². The maximum Gasteiger partial charge on any atom is 0.353 e. The van der Waals surface area contributed by atoms with Gasteiger partial charge in [0.2, 0.25) is 0 Å². The molecule has 8 heteroatoms.